The van der Waals surface area contributed by atoms with Gasteiger partial charge in [0, 0.05) is 16.8 Å². The number of benzene rings is 3. The van der Waals surface area contributed by atoms with E-state index >= 15 is 0 Å². The Balaban J connectivity index is 2.39. The summed E-state index contributed by atoms with van der Waals surface area (Å²) in [5, 5.41) is 3.95. The molecule has 0 aliphatic heterocycles. The summed E-state index contributed by atoms with van der Waals surface area (Å²) in [5.41, 5.74) is 0. The lowest BCUT2D eigenvalue weighted by Crippen LogP contribution is -2.04. The summed E-state index contributed by atoms with van der Waals surface area (Å²) in [6, 6.07) is 17.8. The molecule has 0 radical (unpaired) electrons. The molecule has 0 heterocycles. The number of ether oxygens (including phenoxy) is 1. The fraction of sp³-hybridized carbons (Fsp3) is 0. The van der Waals surface area contributed by atoms with E-state index in [-0.39, 0.29) is 0 Å². The summed E-state index contributed by atoms with van der Waals surface area (Å²) in [4.78, 5) is 11.5. The molecule has 0 atom stereocenters. The van der Waals surface area contributed by atoms with Crippen molar-refractivity contribution in [3.8, 4) is 5.75 Å². The van der Waals surface area contributed by atoms with Gasteiger partial charge in [-0.3, -0.25) is 0 Å². The number of esters is 1. The van der Waals surface area contributed by atoms with E-state index in [2.05, 4.69) is 12.6 Å². The molecule has 0 N–H and O–H groups in total. The second-order valence-corrected chi connectivity index (χ2v) is 4.27. The normalized spacial score (nSPS) is 10.5. The number of rotatable bonds is 2. The minimum absolute atomic E-state index is 0.443. The standard InChI is InChI=1S/C17H12O2/c1-2-16(18)19-17-14-9-5-3-7-12(14)11-13-8-4-6-10-15(13)17/h2-11H,1H2. The Labute approximate surface area is 110 Å². The molecule has 0 saturated carbocycles. The van der Waals surface area contributed by atoms with Crippen LogP contribution in [0.5, 0.6) is 5.75 Å². The van der Waals surface area contributed by atoms with E-state index in [4.69, 9.17) is 4.74 Å². The molecule has 3 aromatic rings. The second-order valence-electron chi connectivity index (χ2n) is 4.27. The van der Waals surface area contributed by atoms with Crippen molar-refractivity contribution >= 4 is 27.5 Å². The van der Waals surface area contributed by atoms with Crippen molar-refractivity contribution in [1.29, 1.82) is 0 Å². The molecular formula is C17H12O2. The highest BCUT2D eigenvalue weighted by Gasteiger charge is 2.10. The van der Waals surface area contributed by atoms with Crippen molar-refractivity contribution in [2.75, 3.05) is 0 Å². The Morgan fingerprint density at radius 2 is 1.47 bits per heavy atom. The van der Waals surface area contributed by atoms with Gasteiger partial charge >= 0.3 is 5.97 Å². The summed E-state index contributed by atoms with van der Waals surface area (Å²) in [7, 11) is 0. The molecule has 19 heavy (non-hydrogen) atoms. The monoisotopic (exact) mass is 248 g/mol. The van der Waals surface area contributed by atoms with E-state index in [0.717, 1.165) is 21.5 Å². The van der Waals surface area contributed by atoms with E-state index in [0.29, 0.717) is 5.75 Å². The van der Waals surface area contributed by atoms with Crippen molar-refractivity contribution in [2.24, 2.45) is 0 Å². The van der Waals surface area contributed by atoms with Gasteiger partial charge in [-0.15, -0.1) is 0 Å². The Morgan fingerprint density at radius 3 is 2.00 bits per heavy atom. The predicted octanol–water partition coefficient (Wildman–Crippen LogP) is 4.08. The van der Waals surface area contributed by atoms with E-state index < -0.39 is 5.97 Å². The highest BCUT2D eigenvalue weighted by atomic mass is 16.5. The van der Waals surface area contributed by atoms with E-state index in [1.807, 2.05) is 48.5 Å². The van der Waals surface area contributed by atoms with Gasteiger partial charge in [-0.25, -0.2) is 4.79 Å². The minimum Gasteiger partial charge on any atom is -0.422 e. The Bertz CT molecular complexity index is 733. The molecule has 0 aromatic heterocycles. The molecule has 2 nitrogen and oxygen atoms in total. The summed E-state index contributed by atoms with van der Waals surface area (Å²) >= 11 is 0. The van der Waals surface area contributed by atoms with E-state index in [9.17, 15) is 4.79 Å². The van der Waals surface area contributed by atoms with Gasteiger partial charge in [0.1, 0.15) is 5.75 Å². The molecular weight excluding hydrogens is 236 g/mol. The SMILES string of the molecule is C=CC(=O)Oc1c2ccccc2cc2ccccc12. The van der Waals surface area contributed by atoms with Gasteiger partial charge < -0.3 is 4.74 Å². The lowest BCUT2D eigenvalue weighted by atomic mass is 10.0. The lowest BCUT2D eigenvalue weighted by Gasteiger charge is -2.10. The second kappa shape index (κ2) is 4.58. The van der Waals surface area contributed by atoms with Crippen LogP contribution in [0.4, 0.5) is 0 Å². The molecule has 0 aliphatic carbocycles. The minimum atomic E-state index is -0.443. The fourth-order valence-electron chi connectivity index (χ4n) is 2.22. The molecule has 0 aliphatic rings. The first-order chi connectivity index (χ1) is 9.29. The maximum Gasteiger partial charge on any atom is 0.335 e. The van der Waals surface area contributed by atoms with Crippen LogP contribution in [0.25, 0.3) is 21.5 Å². The quantitative estimate of drug-likeness (QED) is 0.295. The molecule has 0 spiro atoms. The maximum absolute atomic E-state index is 11.5. The molecule has 0 saturated heterocycles. The van der Waals surface area contributed by atoms with Crippen LogP contribution < -0.4 is 4.74 Å². The van der Waals surface area contributed by atoms with E-state index in [1.54, 1.807) is 0 Å². The maximum atomic E-state index is 11.5. The van der Waals surface area contributed by atoms with Crippen LogP contribution in [0.15, 0.2) is 67.3 Å². The molecule has 3 rings (SSSR count). The fourth-order valence-corrected chi connectivity index (χ4v) is 2.22. The largest absolute Gasteiger partial charge is 0.422 e. The molecule has 0 bridgehead atoms. The number of fused-ring (bicyclic) bond motifs is 2. The van der Waals surface area contributed by atoms with Crippen LogP contribution in [0, 0.1) is 0 Å². The predicted molar refractivity (Wildman–Crippen MR) is 77.3 cm³/mol. The first-order valence-electron chi connectivity index (χ1n) is 6.04. The van der Waals surface area contributed by atoms with Gasteiger partial charge in [0.05, 0.1) is 0 Å². The van der Waals surface area contributed by atoms with Crippen LogP contribution >= 0.6 is 0 Å². The first kappa shape index (κ1) is 11.5. The third-order valence-electron chi connectivity index (χ3n) is 3.09. The van der Waals surface area contributed by atoms with Crippen molar-refractivity contribution < 1.29 is 9.53 Å². The smallest absolute Gasteiger partial charge is 0.335 e. The Hall–Kier alpha value is -2.61. The van der Waals surface area contributed by atoms with Gasteiger partial charge in [-0.1, -0.05) is 55.1 Å². The summed E-state index contributed by atoms with van der Waals surface area (Å²) < 4.78 is 5.43. The number of carbonyl (C=O) groups is 1. The van der Waals surface area contributed by atoms with Crippen LogP contribution in [0.2, 0.25) is 0 Å². The van der Waals surface area contributed by atoms with Gasteiger partial charge in [0.2, 0.25) is 0 Å². The van der Waals surface area contributed by atoms with Gasteiger partial charge in [-0.05, 0) is 16.8 Å². The molecule has 0 amide bonds. The topological polar surface area (TPSA) is 26.3 Å². The Kier molecular flexibility index (Phi) is 2.76. The number of hydrogen-bond acceptors (Lipinski definition) is 2. The number of carbonyl (C=O) groups excluding carboxylic acids is 1. The molecule has 0 unspecified atom stereocenters. The molecule has 92 valence electrons. The lowest BCUT2D eigenvalue weighted by molar-refractivity contribution is -0.128. The van der Waals surface area contributed by atoms with Crippen molar-refractivity contribution in [2.45, 2.75) is 0 Å². The summed E-state index contributed by atoms with van der Waals surface area (Å²) in [6.45, 7) is 3.44. The van der Waals surface area contributed by atoms with Crippen LogP contribution in [0.1, 0.15) is 0 Å². The van der Waals surface area contributed by atoms with Gasteiger partial charge in [0.25, 0.3) is 0 Å². The zero-order valence-corrected chi connectivity index (χ0v) is 10.3. The van der Waals surface area contributed by atoms with Crippen LogP contribution in [-0.2, 0) is 4.79 Å². The van der Waals surface area contributed by atoms with Crippen molar-refractivity contribution in [1.82, 2.24) is 0 Å². The molecule has 0 fully saturated rings. The highest BCUT2D eigenvalue weighted by Crippen LogP contribution is 2.34. The summed E-state index contributed by atoms with van der Waals surface area (Å²) in [6.07, 6.45) is 1.18. The average Bonchev–Trinajstić information content (AvgIpc) is 2.46. The summed E-state index contributed by atoms with van der Waals surface area (Å²) in [5.74, 6) is 0.153. The third-order valence-corrected chi connectivity index (χ3v) is 3.09. The zero-order valence-electron chi connectivity index (χ0n) is 10.3. The number of hydrogen-bond donors (Lipinski definition) is 0. The Morgan fingerprint density at radius 1 is 0.947 bits per heavy atom. The zero-order chi connectivity index (χ0) is 13.2. The van der Waals surface area contributed by atoms with E-state index in [1.165, 1.54) is 6.08 Å². The average molecular weight is 248 g/mol. The van der Waals surface area contributed by atoms with Crippen LogP contribution in [-0.4, -0.2) is 5.97 Å². The molecule has 3 aromatic carbocycles. The molecule has 2 heteroatoms. The van der Waals surface area contributed by atoms with Gasteiger partial charge in [-0.2, -0.15) is 0 Å². The van der Waals surface area contributed by atoms with Crippen molar-refractivity contribution in [3.63, 3.8) is 0 Å². The first-order valence-corrected chi connectivity index (χ1v) is 6.04. The highest BCUT2D eigenvalue weighted by molar-refractivity contribution is 6.06. The van der Waals surface area contributed by atoms with Crippen LogP contribution in [0.3, 0.4) is 0 Å². The van der Waals surface area contributed by atoms with Crippen molar-refractivity contribution in [3.05, 3.63) is 67.3 Å². The van der Waals surface area contributed by atoms with Gasteiger partial charge in [0.15, 0.2) is 0 Å². The third kappa shape index (κ3) is 1.97.